The molecule has 1 N–H and O–H groups in total. The van der Waals surface area contributed by atoms with Crippen molar-refractivity contribution in [2.45, 2.75) is 19.3 Å². The van der Waals surface area contributed by atoms with Crippen molar-refractivity contribution in [1.82, 2.24) is 9.97 Å². The first-order valence-electron chi connectivity index (χ1n) is 10.4. The highest BCUT2D eigenvalue weighted by atomic mass is 32.1. The van der Waals surface area contributed by atoms with Gasteiger partial charge in [-0.25, -0.2) is 9.97 Å². The van der Waals surface area contributed by atoms with Crippen LogP contribution in [0, 0.1) is 0 Å². The molecule has 0 bridgehead atoms. The Kier molecular flexibility index (Phi) is 4.46. The molecule has 0 fully saturated rings. The van der Waals surface area contributed by atoms with Crippen molar-refractivity contribution in [2.24, 2.45) is 0 Å². The second kappa shape index (κ2) is 7.49. The van der Waals surface area contributed by atoms with Crippen LogP contribution < -0.4 is 14.8 Å². The molecule has 7 nitrogen and oxygen atoms in total. The fourth-order valence-electron chi connectivity index (χ4n) is 4.35. The number of hydrogen-bond acceptors (Lipinski definition) is 7. The van der Waals surface area contributed by atoms with Crippen LogP contribution in [0.25, 0.3) is 32.2 Å². The fraction of sp³-hybridized carbons (Fsp3) is 0.208. The minimum atomic E-state index is -0.308. The lowest BCUT2D eigenvalue weighted by molar-refractivity contribution is -0.118. The van der Waals surface area contributed by atoms with Gasteiger partial charge in [0.25, 0.3) is 5.91 Å². The third-order valence-corrected chi connectivity index (χ3v) is 6.98. The zero-order valence-electron chi connectivity index (χ0n) is 17.3. The van der Waals surface area contributed by atoms with E-state index >= 15 is 0 Å². The van der Waals surface area contributed by atoms with Gasteiger partial charge in [-0.05, 0) is 37.0 Å². The summed E-state index contributed by atoms with van der Waals surface area (Å²) in [5.74, 6) is 0.708. The van der Waals surface area contributed by atoms with Crippen molar-refractivity contribution in [3.63, 3.8) is 0 Å². The second-order valence-electron chi connectivity index (χ2n) is 7.70. The molecule has 0 saturated carbocycles. The third-order valence-electron chi connectivity index (χ3n) is 5.78. The lowest BCUT2D eigenvalue weighted by atomic mass is 10.1. The number of para-hydroxylation sites is 1. The van der Waals surface area contributed by atoms with Crippen LogP contribution in [0.5, 0.6) is 11.6 Å². The van der Waals surface area contributed by atoms with Gasteiger partial charge in [0, 0.05) is 21.7 Å². The quantitative estimate of drug-likeness (QED) is 0.405. The van der Waals surface area contributed by atoms with Crippen molar-refractivity contribution in [3.8, 4) is 11.6 Å². The topological polar surface area (TPSA) is 86.5 Å². The number of fused-ring (bicyclic) bond motifs is 6. The van der Waals surface area contributed by atoms with Gasteiger partial charge in [-0.2, -0.15) is 0 Å². The first-order chi connectivity index (χ1) is 15.7. The van der Waals surface area contributed by atoms with Crippen LogP contribution in [0.3, 0.4) is 0 Å². The molecular formula is C24H19N3O4S. The Balaban J connectivity index is 1.26. The predicted molar refractivity (Wildman–Crippen MR) is 124 cm³/mol. The number of aryl methyl sites for hydroxylation is 2. The molecule has 160 valence electrons. The van der Waals surface area contributed by atoms with Crippen LogP contribution >= 0.6 is 11.3 Å². The van der Waals surface area contributed by atoms with E-state index in [-0.39, 0.29) is 12.5 Å². The number of anilines is 1. The van der Waals surface area contributed by atoms with E-state index in [0.29, 0.717) is 22.9 Å². The molecule has 5 aromatic rings. The fourth-order valence-corrected chi connectivity index (χ4v) is 5.57. The zero-order valence-corrected chi connectivity index (χ0v) is 18.1. The summed E-state index contributed by atoms with van der Waals surface area (Å²) in [4.78, 5) is 23.6. The van der Waals surface area contributed by atoms with Crippen molar-refractivity contribution < 1.29 is 18.7 Å². The third kappa shape index (κ3) is 3.06. The highest BCUT2D eigenvalue weighted by Gasteiger charge is 2.22. The summed E-state index contributed by atoms with van der Waals surface area (Å²) in [5, 5.41) is 5.75. The summed E-state index contributed by atoms with van der Waals surface area (Å²) in [6.45, 7) is -0.169. The molecule has 32 heavy (non-hydrogen) atoms. The monoisotopic (exact) mass is 445 g/mol. The van der Waals surface area contributed by atoms with Crippen molar-refractivity contribution in [1.29, 1.82) is 0 Å². The molecule has 0 atom stereocenters. The van der Waals surface area contributed by atoms with Gasteiger partial charge in [-0.3, -0.25) is 4.79 Å². The van der Waals surface area contributed by atoms with Gasteiger partial charge in [0.05, 0.1) is 18.2 Å². The number of amides is 1. The summed E-state index contributed by atoms with van der Waals surface area (Å²) in [7, 11) is 1.57. The van der Waals surface area contributed by atoms with E-state index in [4.69, 9.17) is 13.9 Å². The Bertz CT molecular complexity index is 1500. The average Bonchev–Trinajstić information content (AvgIpc) is 3.49. The molecule has 0 radical (unpaired) electrons. The smallest absolute Gasteiger partial charge is 0.262 e. The number of carbonyl (C=O) groups is 1. The summed E-state index contributed by atoms with van der Waals surface area (Å²) in [6.07, 6.45) is 4.69. The maximum atomic E-state index is 12.7. The number of benzene rings is 2. The first kappa shape index (κ1) is 19.1. The number of ether oxygens (including phenoxy) is 2. The molecule has 1 amide bonds. The lowest BCUT2D eigenvalue weighted by Crippen LogP contribution is -2.21. The number of carbonyl (C=O) groups excluding carboxylic acids is 1. The predicted octanol–water partition coefficient (Wildman–Crippen LogP) is 5.11. The second-order valence-corrected chi connectivity index (χ2v) is 8.78. The van der Waals surface area contributed by atoms with E-state index in [0.717, 1.165) is 45.8 Å². The average molecular weight is 446 g/mol. The van der Waals surface area contributed by atoms with E-state index in [1.54, 1.807) is 24.5 Å². The standard InChI is InChI=1S/C24H19N3O4S/c1-29-19-9-15-13-5-2-3-7-17(13)31-18(15)10-16(19)27-21(28)11-30-23-22-14-6-4-8-20(14)32-24(22)26-12-25-23/h2-3,5,7,9-10,12H,4,6,8,11H2,1H3,(H,27,28). The van der Waals surface area contributed by atoms with E-state index < -0.39 is 0 Å². The van der Waals surface area contributed by atoms with Crippen molar-refractivity contribution >= 4 is 55.1 Å². The number of nitrogens with one attached hydrogen (secondary N) is 1. The molecule has 0 spiro atoms. The van der Waals surface area contributed by atoms with E-state index in [2.05, 4.69) is 15.3 Å². The van der Waals surface area contributed by atoms with E-state index in [1.807, 2.05) is 30.3 Å². The van der Waals surface area contributed by atoms with Gasteiger partial charge in [0.1, 0.15) is 28.1 Å². The van der Waals surface area contributed by atoms with Crippen LogP contribution in [0.15, 0.2) is 47.1 Å². The minimum absolute atomic E-state index is 0.169. The Hall–Kier alpha value is -3.65. The van der Waals surface area contributed by atoms with Crippen LogP contribution in [-0.2, 0) is 17.6 Å². The number of nitrogens with zero attached hydrogens (tertiary/aromatic N) is 2. The van der Waals surface area contributed by atoms with Gasteiger partial charge in [0.2, 0.25) is 5.88 Å². The summed E-state index contributed by atoms with van der Waals surface area (Å²) >= 11 is 1.69. The summed E-state index contributed by atoms with van der Waals surface area (Å²) in [5.41, 5.74) is 3.25. The molecule has 3 heterocycles. The molecule has 0 saturated heterocycles. The Morgan fingerprint density at radius 3 is 2.97 bits per heavy atom. The SMILES string of the molecule is COc1cc2c(cc1NC(=O)COc1ncnc3sc4c(c13)CCC4)oc1ccccc12. The highest BCUT2D eigenvalue weighted by Crippen LogP contribution is 2.40. The van der Waals surface area contributed by atoms with Crippen LogP contribution in [0.4, 0.5) is 5.69 Å². The van der Waals surface area contributed by atoms with Gasteiger partial charge in [0.15, 0.2) is 6.61 Å². The molecule has 1 aliphatic carbocycles. The molecule has 6 rings (SSSR count). The highest BCUT2D eigenvalue weighted by molar-refractivity contribution is 7.18. The Labute approximate surface area is 187 Å². The molecule has 0 aliphatic heterocycles. The normalized spacial score (nSPS) is 13.0. The molecule has 1 aliphatic rings. The number of thiophene rings is 1. The number of hydrogen-bond donors (Lipinski definition) is 1. The van der Waals surface area contributed by atoms with Crippen LogP contribution in [0.2, 0.25) is 0 Å². The molecule has 2 aromatic carbocycles. The Morgan fingerprint density at radius 1 is 1.16 bits per heavy atom. The van der Waals surface area contributed by atoms with Gasteiger partial charge in [-0.1, -0.05) is 18.2 Å². The van der Waals surface area contributed by atoms with Gasteiger partial charge < -0.3 is 19.2 Å². The molecular weight excluding hydrogens is 426 g/mol. The molecule has 8 heteroatoms. The first-order valence-corrected chi connectivity index (χ1v) is 11.2. The zero-order chi connectivity index (χ0) is 21.7. The van der Waals surface area contributed by atoms with Gasteiger partial charge >= 0.3 is 0 Å². The van der Waals surface area contributed by atoms with Crippen LogP contribution in [-0.4, -0.2) is 29.6 Å². The summed E-state index contributed by atoms with van der Waals surface area (Å²) in [6, 6.07) is 11.5. The Morgan fingerprint density at radius 2 is 2.06 bits per heavy atom. The van der Waals surface area contributed by atoms with Crippen molar-refractivity contribution in [3.05, 3.63) is 53.2 Å². The minimum Gasteiger partial charge on any atom is -0.495 e. The van der Waals surface area contributed by atoms with E-state index in [1.165, 1.54) is 16.8 Å². The van der Waals surface area contributed by atoms with Gasteiger partial charge in [-0.15, -0.1) is 11.3 Å². The summed E-state index contributed by atoms with van der Waals surface area (Å²) < 4.78 is 17.3. The molecule has 3 aromatic heterocycles. The maximum Gasteiger partial charge on any atom is 0.262 e. The largest absolute Gasteiger partial charge is 0.495 e. The van der Waals surface area contributed by atoms with Crippen molar-refractivity contribution in [2.75, 3.05) is 19.0 Å². The van der Waals surface area contributed by atoms with E-state index in [9.17, 15) is 4.79 Å². The number of furan rings is 1. The van der Waals surface area contributed by atoms with Crippen LogP contribution in [0.1, 0.15) is 16.9 Å². The maximum absolute atomic E-state index is 12.7. The number of methoxy groups -OCH3 is 1. The molecule has 0 unspecified atom stereocenters. The lowest BCUT2D eigenvalue weighted by Gasteiger charge is -2.11. The number of aromatic nitrogens is 2. The number of rotatable bonds is 5.